The van der Waals surface area contributed by atoms with Crippen LogP contribution in [-0.4, -0.2) is 39.9 Å². The molecular weight excluding hydrogens is 282 g/mol. The summed E-state index contributed by atoms with van der Waals surface area (Å²) in [5.41, 5.74) is 0.756. The van der Waals surface area contributed by atoms with Crippen molar-refractivity contribution in [1.29, 1.82) is 0 Å². The van der Waals surface area contributed by atoms with Gasteiger partial charge in [0.25, 0.3) is 5.95 Å². The SMILES string of the molecule is Clc1nc(NCc2cccnn2)nc(-n2cncn2)n1. The third-order valence-corrected chi connectivity index (χ3v) is 2.44. The van der Waals surface area contributed by atoms with Gasteiger partial charge in [0.15, 0.2) is 0 Å². The Morgan fingerprint density at radius 3 is 2.95 bits per heavy atom. The van der Waals surface area contributed by atoms with E-state index in [9.17, 15) is 0 Å². The van der Waals surface area contributed by atoms with Crippen LogP contribution in [0, 0.1) is 0 Å². The number of halogens is 1. The maximum atomic E-state index is 5.86. The summed E-state index contributed by atoms with van der Waals surface area (Å²) in [4.78, 5) is 16.0. The largest absolute Gasteiger partial charge is 0.348 e. The molecule has 20 heavy (non-hydrogen) atoms. The van der Waals surface area contributed by atoms with Gasteiger partial charge in [-0.05, 0) is 23.7 Å². The Morgan fingerprint density at radius 1 is 1.25 bits per heavy atom. The van der Waals surface area contributed by atoms with E-state index in [0.717, 1.165) is 5.69 Å². The van der Waals surface area contributed by atoms with Gasteiger partial charge in [-0.2, -0.15) is 34.9 Å². The molecular formula is C10H8ClN9. The summed E-state index contributed by atoms with van der Waals surface area (Å²) in [6.07, 6.45) is 4.45. The Labute approximate surface area is 118 Å². The summed E-state index contributed by atoms with van der Waals surface area (Å²) >= 11 is 5.86. The molecule has 0 spiro atoms. The minimum absolute atomic E-state index is 0.0622. The molecule has 1 N–H and O–H groups in total. The first-order chi connectivity index (χ1) is 9.81. The van der Waals surface area contributed by atoms with E-state index in [-0.39, 0.29) is 11.2 Å². The third-order valence-electron chi connectivity index (χ3n) is 2.28. The summed E-state index contributed by atoms with van der Waals surface area (Å²) in [5.74, 6) is 0.602. The predicted octanol–water partition coefficient (Wildman–Crippen LogP) is 0.508. The van der Waals surface area contributed by atoms with E-state index in [4.69, 9.17) is 11.6 Å². The number of nitrogens with zero attached hydrogens (tertiary/aromatic N) is 8. The van der Waals surface area contributed by atoms with Gasteiger partial charge >= 0.3 is 0 Å². The molecule has 0 aliphatic rings. The molecule has 0 atom stereocenters. The van der Waals surface area contributed by atoms with Crippen LogP contribution in [0.25, 0.3) is 5.95 Å². The first-order valence-corrected chi connectivity index (χ1v) is 5.96. The lowest BCUT2D eigenvalue weighted by atomic mass is 10.4. The molecule has 9 nitrogen and oxygen atoms in total. The molecule has 3 aromatic rings. The number of hydrogen-bond acceptors (Lipinski definition) is 8. The number of rotatable bonds is 4. The fourth-order valence-corrected chi connectivity index (χ4v) is 1.59. The molecule has 0 unspecified atom stereocenters. The van der Waals surface area contributed by atoms with Gasteiger partial charge in [0.1, 0.15) is 12.7 Å². The van der Waals surface area contributed by atoms with Crippen molar-refractivity contribution in [2.75, 3.05) is 5.32 Å². The Bertz CT molecular complexity index is 685. The highest BCUT2D eigenvalue weighted by Crippen LogP contribution is 2.09. The van der Waals surface area contributed by atoms with Gasteiger partial charge in [0, 0.05) is 6.20 Å². The van der Waals surface area contributed by atoms with Gasteiger partial charge in [0.2, 0.25) is 11.2 Å². The van der Waals surface area contributed by atoms with Crippen molar-refractivity contribution in [1.82, 2.24) is 39.9 Å². The number of nitrogens with one attached hydrogen (secondary N) is 1. The van der Waals surface area contributed by atoms with Crippen LogP contribution >= 0.6 is 11.6 Å². The second-order valence-electron chi connectivity index (χ2n) is 3.64. The lowest BCUT2D eigenvalue weighted by Gasteiger charge is -2.05. The zero-order valence-corrected chi connectivity index (χ0v) is 10.8. The highest BCUT2D eigenvalue weighted by molar-refractivity contribution is 6.28. The standard InChI is InChI=1S/C10H8ClN9/c11-8-16-9(13-4-7-2-1-3-14-19-7)18-10(17-8)20-6-12-5-15-20/h1-3,5-6H,4H2,(H,13,16,17,18). The number of anilines is 1. The molecule has 0 fully saturated rings. The zero-order chi connectivity index (χ0) is 13.8. The van der Waals surface area contributed by atoms with Crippen LogP contribution in [0.4, 0.5) is 5.95 Å². The van der Waals surface area contributed by atoms with Gasteiger partial charge in [-0.15, -0.1) is 0 Å². The topological polar surface area (TPSA) is 107 Å². The maximum absolute atomic E-state index is 5.86. The molecule has 0 amide bonds. The third kappa shape index (κ3) is 2.83. The fraction of sp³-hybridized carbons (Fsp3) is 0.100. The van der Waals surface area contributed by atoms with E-state index in [1.54, 1.807) is 12.3 Å². The van der Waals surface area contributed by atoms with Crippen molar-refractivity contribution in [3.63, 3.8) is 0 Å². The Hall–Kier alpha value is -2.68. The summed E-state index contributed by atoms with van der Waals surface area (Å²) in [7, 11) is 0. The van der Waals surface area contributed by atoms with E-state index >= 15 is 0 Å². The van der Waals surface area contributed by atoms with Crippen molar-refractivity contribution in [2.45, 2.75) is 6.54 Å². The molecule has 3 rings (SSSR count). The van der Waals surface area contributed by atoms with Crippen molar-refractivity contribution in [3.8, 4) is 5.95 Å². The van der Waals surface area contributed by atoms with E-state index < -0.39 is 0 Å². The fourth-order valence-electron chi connectivity index (χ4n) is 1.43. The van der Waals surface area contributed by atoms with Gasteiger partial charge < -0.3 is 5.32 Å². The van der Waals surface area contributed by atoms with E-state index in [1.807, 2.05) is 6.07 Å². The predicted molar refractivity (Wildman–Crippen MR) is 69.1 cm³/mol. The highest BCUT2D eigenvalue weighted by Gasteiger charge is 2.07. The first kappa shape index (κ1) is 12.4. The highest BCUT2D eigenvalue weighted by atomic mass is 35.5. The van der Waals surface area contributed by atoms with Gasteiger partial charge in [-0.1, -0.05) is 0 Å². The second-order valence-corrected chi connectivity index (χ2v) is 3.97. The number of hydrogen-bond donors (Lipinski definition) is 1. The molecule has 0 saturated heterocycles. The minimum atomic E-state index is 0.0622. The Balaban J connectivity index is 1.80. The average molecular weight is 290 g/mol. The van der Waals surface area contributed by atoms with Gasteiger partial charge in [-0.25, -0.2) is 4.98 Å². The van der Waals surface area contributed by atoms with Crippen LogP contribution in [0.3, 0.4) is 0 Å². The molecule has 10 heteroatoms. The van der Waals surface area contributed by atoms with E-state index in [0.29, 0.717) is 12.5 Å². The lowest BCUT2D eigenvalue weighted by Crippen LogP contribution is -2.10. The normalized spacial score (nSPS) is 10.4. The van der Waals surface area contributed by atoms with Crippen LogP contribution < -0.4 is 5.32 Å². The molecule has 0 aliphatic carbocycles. The Morgan fingerprint density at radius 2 is 2.20 bits per heavy atom. The maximum Gasteiger partial charge on any atom is 0.258 e. The molecule has 0 aliphatic heterocycles. The second kappa shape index (κ2) is 5.53. The first-order valence-electron chi connectivity index (χ1n) is 5.58. The zero-order valence-electron chi connectivity index (χ0n) is 10.0. The Kier molecular flexibility index (Phi) is 3.42. The van der Waals surface area contributed by atoms with Crippen molar-refractivity contribution in [3.05, 3.63) is 42.0 Å². The number of aromatic nitrogens is 8. The summed E-state index contributed by atoms with van der Waals surface area (Å²) < 4.78 is 1.39. The lowest BCUT2D eigenvalue weighted by molar-refractivity contribution is 0.791. The van der Waals surface area contributed by atoms with Crippen molar-refractivity contribution >= 4 is 17.5 Å². The minimum Gasteiger partial charge on any atom is -0.348 e. The summed E-state index contributed by atoms with van der Waals surface area (Å²) in [5, 5.41) is 14.7. The van der Waals surface area contributed by atoms with Gasteiger partial charge in [0.05, 0.1) is 12.2 Å². The average Bonchev–Trinajstić information content (AvgIpc) is 3.00. The molecule has 3 heterocycles. The molecule has 3 aromatic heterocycles. The molecule has 0 saturated carbocycles. The molecule has 0 aromatic carbocycles. The van der Waals surface area contributed by atoms with E-state index in [2.05, 4.69) is 40.5 Å². The van der Waals surface area contributed by atoms with Crippen molar-refractivity contribution < 1.29 is 0 Å². The van der Waals surface area contributed by atoms with Crippen LogP contribution in [0.5, 0.6) is 0 Å². The van der Waals surface area contributed by atoms with Crippen LogP contribution in [0.15, 0.2) is 31.0 Å². The smallest absolute Gasteiger partial charge is 0.258 e. The van der Waals surface area contributed by atoms with Crippen molar-refractivity contribution in [2.24, 2.45) is 0 Å². The monoisotopic (exact) mass is 289 g/mol. The van der Waals surface area contributed by atoms with Crippen LogP contribution in [-0.2, 0) is 6.54 Å². The summed E-state index contributed by atoms with van der Waals surface area (Å²) in [6.45, 7) is 0.422. The molecule has 0 radical (unpaired) electrons. The van der Waals surface area contributed by atoms with Gasteiger partial charge in [-0.3, -0.25) is 0 Å². The quantitative estimate of drug-likeness (QED) is 0.740. The van der Waals surface area contributed by atoms with Crippen LogP contribution in [0.2, 0.25) is 5.28 Å². The molecule has 0 bridgehead atoms. The molecule has 100 valence electrons. The summed E-state index contributed by atoms with van der Waals surface area (Å²) in [6, 6.07) is 3.63. The van der Waals surface area contributed by atoms with E-state index in [1.165, 1.54) is 17.3 Å². The van der Waals surface area contributed by atoms with Crippen LogP contribution in [0.1, 0.15) is 5.69 Å².